The van der Waals surface area contributed by atoms with Crippen LogP contribution in [0.4, 0.5) is 20.2 Å². The SMILES string of the molecule is O=C(Nc1cccc(/C=N/Nc2ccc(F)cc2F)c1)c1ccccc1Cl. The second kappa shape index (κ2) is 8.42. The summed E-state index contributed by atoms with van der Waals surface area (Å²) in [4.78, 5) is 12.3. The molecule has 0 atom stereocenters. The molecule has 3 rings (SSSR count). The first-order valence-electron chi connectivity index (χ1n) is 7.93. The number of amides is 1. The molecule has 0 heterocycles. The summed E-state index contributed by atoms with van der Waals surface area (Å²) in [6, 6.07) is 16.8. The van der Waals surface area contributed by atoms with E-state index in [0.717, 1.165) is 12.1 Å². The Morgan fingerprint density at radius 1 is 1.00 bits per heavy atom. The molecule has 0 radical (unpaired) electrons. The van der Waals surface area contributed by atoms with Crippen LogP contribution in [0.2, 0.25) is 5.02 Å². The molecular formula is C20H14ClF2N3O. The third kappa shape index (κ3) is 4.89. The minimum absolute atomic E-state index is 0.0517. The van der Waals surface area contributed by atoms with E-state index < -0.39 is 11.6 Å². The van der Waals surface area contributed by atoms with Gasteiger partial charge in [-0.1, -0.05) is 35.9 Å². The van der Waals surface area contributed by atoms with Crippen LogP contribution in [0.1, 0.15) is 15.9 Å². The molecule has 0 saturated carbocycles. The number of halogens is 3. The Labute approximate surface area is 159 Å². The predicted octanol–water partition coefficient (Wildman–Crippen LogP) is 5.32. The minimum Gasteiger partial charge on any atom is -0.322 e. The number of rotatable bonds is 5. The van der Waals surface area contributed by atoms with E-state index in [-0.39, 0.29) is 11.6 Å². The molecule has 1 amide bonds. The van der Waals surface area contributed by atoms with Gasteiger partial charge in [0.05, 0.1) is 22.5 Å². The molecule has 0 bridgehead atoms. The number of hydrogen-bond donors (Lipinski definition) is 2. The van der Waals surface area contributed by atoms with Gasteiger partial charge in [-0.2, -0.15) is 5.10 Å². The van der Waals surface area contributed by atoms with Gasteiger partial charge in [0.25, 0.3) is 5.91 Å². The van der Waals surface area contributed by atoms with Crippen LogP contribution >= 0.6 is 11.6 Å². The predicted molar refractivity (Wildman–Crippen MR) is 103 cm³/mol. The van der Waals surface area contributed by atoms with Crippen molar-refractivity contribution in [3.05, 3.63) is 94.5 Å². The van der Waals surface area contributed by atoms with Crippen molar-refractivity contribution in [3.8, 4) is 0 Å². The van der Waals surface area contributed by atoms with Crippen molar-refractivity contribution in [2.45, 2.75) is 0 Å². The fraction of sp³-hybridized carbons (Fsp3) is 0. The van der Waals surface area contributed by atoms with Crippen LogP contribution in [0.3, 0.4) is 0 Å². The van der Waals surface area contributed by atoms with Crippen LogP contribution in [0.15, 0.2) is 71.8 Å². The first-order valence-corrected chi connectivity index (χ1v) is 8.31. The lowest BCUT2D eigenvalue weighted by atomic mass is 10.2. The maximum absolute atomic E-state index is 13.5. The lowest BCUT2D eigenvalue weighted by Crippen LogP contribution is -2.12. The highest BCUT2D eigenvalue weighted by molar-refractivity contribution is 6.34. The van der Waals surface area contributed by atoms with E-state index >= 15 is 0 Å². The molecule has 2 N–H and O–H groups in total. The number of carbonyl (C=O) groups is 1. The topological polar surface area (TPSA) is 53.5 Å². The lowest BCUT2D eigenvalue weighted by Gasteiger charge is -2.07. The summed E-state index contributed by atoms with van der Waals surface area (Å²) in [6.07, 6.45) is 1.45. The second-order valence-corrected chi connectivity index (χ2v) is 5.96. The molecule has 4 nitrogen and oxygen atoms in total. The molecule has 136 valence electrons. The highest BCUT2D eigenvalue weighted by atomic mass is 35.5. The Balaban J connectivity index is 1.68. The molecule has 27 heavy (non-hydrogen) atoms. The van der Waals surface area contributed by atoms with E-state index in [4.69, 9.17) is 11.6 Å². The zero-order valence-corrected chi connectivity index (χ0v) is 14.7. The molecule has 0 unspecified atom stereocenters. The van der Waals surface area contributed by atoms with Gasteiger partial charge < -0.3 is 5.32 Å². The summed E-state index contributed by atoms with van der Waals surface area (Å²) >= 11 is 6.02. The fourth-order valence-corrected chi connectivity index (χ4v) is 2.52. The van der Waals surface area contributed by atoms with Gasteiger partial charge in [0, 0.05) is 11.8 Å². The summed E-state index contributed by atoms with van der Waals surface area (Å²) in [6.45, 7) is 0. The van der Waals surface area contributed by atoms with E-state index in [9.17, 15) is 13.6 Å². The summed E-state index contributed by atoms with van der Waals surface area (Å²) in [5.41, 5.74) is 4.15. The Morgan fingerprint density at radius 2 is 1.81 bits per heavy atom. The smallest absolute Gasteiger partial charge is 0.257 e. The first kappa shape index (κ1) is 18.5. The Kier molecular flexibility index (Phi) is 5.78. The van der Waals surface area contributed by atoms with E-state index in [1.54, 1.807) is 48.5 Å². The largest absolute Gasteiger partial charge is 0.322 e. The molecule has 0 fully saturated rings. The van der Waals surface area contributed by atoms with Gasteiger partial charge in [0.2, 0.25) is 0 Å². The number of anilines is 2. The van der Waals surface area contributed by atoms with Gasteiger partial charge >= 0.3 is 0 Å². The van der Waals surface area contributed by atoms with Crippen molar-refractivity contribution >= 4 is 35.1 Å². The Hall–Kier alpha value is -3.25. The molecule has 3 aromatic rings. The lowest BCUT2D eigenvalue weighted by molar-refractivity contribution is 0.102. The molecule has 0 saturated heterocycles. The zero-order valence-electron chi connectivity index (χ0n) is 13.9. The van der Waals surface area contributed by atoms with Gasteiger partial charge in [-0.3, -0.25) is 10.2 Å². The highest BCUT2D eigenvalue weighted by Crippen LogP contribution is 2.18. The highest BCUT2D eigenvalue weighted by Gasteiger charge is 2.09. The molecule has 0 aliphatic rings. The quantitative estimate of drug-likeness (QED) is 0.461. The molecule has 0 aromatic heterocycles. The molecule has 0 aliphatic heterocycles. The normalized spacial score (nSPS) is 10.8. The van der Waals surface area contributed by atoms with Crippen molar-refractivity contribution in [2.24, 2.45) is 5.10 Å². The van der Waals surface area contributed by atoms with Crippen LogP contribution in [0.5, 0.6) is 0 Å². The number of carbonyl (C=O) groups excluding carboxylic acids is 1. The Bertz CT molecular complexity index is 1010. The van der Waals surface area contributed by atoms with E-state index in [1.807, 2.05) is 0 Å². The van der Waals surface area contributed by atoms with Crippen LogP contribution in [0, 0.1) is 11.6 Å². The number of benzene rings is 3. The molecule has 0 aliphatic carbocycles. The maximum Gasteiger partial charge on any atom is 0.257 e. The van der Waals surface area contributed by atoms with Gasteiger partial charge in [-0.25, -0.2) is 8.78 Å². The maximum atomic E-state index is 13.5. The number of nitrogens with zero attached hydrogens (tertiary/aromatic N) is 1. The zero-order chi connectivity index (χ0) is 19.2. The van der Waals surface area contributed by atoms with E-state index in [0.29, 0.717) is 21.8 Å². The summed E-state index contributed by atoms with van der Waals surface area (Å²) < 4.78 is 26.4. The average Bonchev–Trinajstić information content (AvgIpc) is 2.64. The monoisotopic (exact) mass is 385 g/mol. The minimum atomic E-state index is -0.743. The van der Waals surface area contributed by atoms with Crippen molar-refractivity contribution in [1.82, 2.24) is 0 Å². The molecular weight excluding hydrogens is 372 g/mol. The third-order valence-corrected chi connectivity index (χ3v) is 3.92. The molecule has 0 spiro atoms. The van der Waals surface area contributed by atoms with Crippen molar-refractivity contribution in [3.63, 3.8) is 0 Å². The Morgan fingerprint density at radius 3 is 2.59 bits per heavy atom. The fourth-order valence-electron chi connectivity index (χ4n) is 2.30. The van der Waals surface area contributed by atoms with Gasteiger partial charge in [-0.15, -0.1) is 0 Å². The van der Waals surface area contributed by atoms with E-state index in [2.05, 4.69) is 15.8 Å². The number of nitrogens with one attached hydrogen (secondary N) is 2. The first-order chi connectivity index (χ1) is 13.0. The van der Waals surface area contributed by atoms with Crippen LogP contribution in [-0.2, 0) is 0 Å². The summed E-state index contributed by atoms with van der Waals surface area (Å²) in [5, 5.41) is 7.04. The van der Waals surface area contributed by atoms with Crippen LogP contribution < -0.4 is 10.7 Å². The second-order valence-electron chi connectivity index (χ2n) is 5.55. The van der Waals surface area contributed by atoms with Gasteiger partial charge in [0.15, 0.2) is 5.82 Å². The van der Waals surface area contributed by atoms with Crippen LogP contribution in [0.25, 0.3) is 0 Å². The van der Waals surface area contributed by atoms with Crippen molar-refractivity contribution in [2.75, 3.05) is 10.7 Å². The van der Waals surface area contributed by atoms with Crippen LogP contribution in [-0.4, -0.2) is 12.1 Å². The van der Waals surface area contributed by atoms with Crippen molar-refractivity contribution in [1.29, 1.82) is 0 Å². The van der Waals surface area contributed by atoms with Gasteiger partial charge in [-0.05, 0) is 42.0 Å². The summed E-state index contributed by atoms with van der Waals surface area (Å²) in [5.74, 6) is -1.74. The van der Waals surface area contributed by atoms with E-state index in [1.165, 1.54) is 12.3 Å². The summed E-state index contributed by atoms with van der Waals surface area (Å²) in [7, 11) is 0. The van der Waals surface area contributed by atoms with Crippen molar-refractivity contribution < 1.29 is 13.6 Å². The molecule has 3 aromatic carbocycles. The average molecular weight is 386 g/mol. The number of hydrazone groups is 1. The number of hydrogen-bond acceptors (Lipinski definition) is 3. The van der Waals surface area contributed by atoms with Gasteiger partial charge in [0.1, 0.15) is 5.82 Å². The molecule has 7 heteroatoms. The standard InChI is InChI=1S/C20H14ClF2N3O/c21-17-7-2-1-6-16(17)20(27)25-15-5-3-4-13(10-15)12-24-26-19-9-8-14(22)11-18(19)23/h1-12,26H,(H,25,27)/b24-12+. The third-order valence-electron chi connectivity index (χ3n) is 3.59.